The van der Waals surface area contributed by atoms with Crippen LogP contribution < -0.4 is 5.32 Å². The van der Waals surface area contributed by atoms with E-state index in [1.807, 2.05) is 0 Å². The molecule has 4 nitrogen and oxygen atoms in total. The van der Waals surface area contributed by atoms with Gasteiger partial charge in [0.05, 0.1) is 13.2 Å². The normalized spacial score (nSPS) is 20.7. The van der Waals surface area contributed by atoms with Crippen LogP contribution in [0.4, 0.5) is 13.2 Å². The molecule has 0 spiro atoms. The maximum Gasteiger partial charge on any atom is 0.414 e. The monoisotopic (exact) mass is 283 g/mol. The van der Waals surface area contributed by atoms with Crippen LogP contribution in [0.25, 0.3) is 0 Å². The lowest BCUT2D eigenvalue weighted by Gasteiger charge is -2.30. The van der Waals surface area contributed by atoms with Crippen LogP contribution in [0, 0.1) is 0 Å². The molecule has 112 valence electrons. The molecule has 1 rings (SSSR count). The van der Waals surface area contributed by atoms with Crippen molar-refractivity contribution >= 4 is 5.97 Å². The maximum absolute atomic E-state index is 12.4. The van der Waals surface area contributed by atoms with E-state index >= 15 is 0 Å². The van der Waals surface area contributed by atoms with Crippen LogP contribution in [0.2, 0.25) is 0 Å². The number of rotatable bonds is 7. The molecule has 2 atom stereocenters. The zero-order valence-electron chi connectivity index (χ0n) is 11.3. The number of halogens is 3. The van der Waals surface area contributed by atoms with Crippen molar-refractivity contribution in [3.05, 3.63) is 0 Å². The van der Waals surface area contributed by atoms with Crippen molar-refractivity contribution in [2.75, 3.05) is 13.2 Å². The Morgan fingerprint density at radius 3 is 2.42 bits per heavy atom. The molecule has 0 saturated heterocycles. The molecule has 0 radical (unpaired) electrons. The fraction of sp³-hybridized carbons (Fsp3) is 0.917. The third-order valence-corrected chi connectivity index (χ3v) is 2.91. The van der Waals surface area contributed by atoms with Gasteiger partial charge in [-0.2, -0.15) is 13.2 Å². The van der Waals surface area contributed by atoms with E-state index in [4.69, 9.17) is 9.47 Å². The number of alkyl halides is 3. The lowest BCUT2D eigenvalue weighted by molar-refractivity contribution is -0.219. The van der Waals surface area contributed by atoms with Gasteiger partial charge >= 0.3 is 12.1 Å². The van der Waals surface area contributed by atoms with Gasteiger partial charge in [0, 0.05) is 6.04 Å². The number of esters is 1. The van der Waals surface area contributed by atoms with Gasteiger partial charge in [0.25, 0.3) is 0 Å². The summed E-state index contributed by atoms with van der Waals surface area (Å²) in [5.74, 6) is -0.587. The maximum atomic E-state index is 12.4. The molecule has 0 bridgehead atoms. The van der Waals surface area contributed by atoms with E-state index in [0.29, 0.717) is 0 Å². The Morgan fingerprint density at radius 1 is 1.42 bits per heavy atom. The van der Waals surface area contributed by atoms with E-state index in [0.717, 1.165) is 19.8 Å². The summed E-state index contributed by atoms with van der Waals surface area (Å²) in [7, 11) is 0. The summed E-state index contributed by atoms with van der Waals surface area (Å²) < 4.78 is 46.8. The van der Waals surface area contributed by atoms with Crippen LogP contribution in [-0.2, 0) is 14.3 Å². The van der Waals surface area contributed by atoms with Gasteiger partial charge in [-0.15, -0.1) is 0 Å². The molecule has 1 aliphatic rings. The fourth-order valence-electron chi connectivity index (χ4n) is 1.51. The molecule has 7 heteroatoms. The summed E-state index contributed by atoms with van der Waals surface area (Å²) in [6, 6.07) is 0.152. The highest BCUT2D eigenvalue weighted by Gasteiger charge is 2.43. The van der Waals surface area contributed by atoms with Crippen molar-refractivity contribution in [2.45, 2.75) is 57.5 Å². The van der Waals surface area contributed by atoms with E-state index in [9.17, 15) is 18.0 Å². The van der Waals surface area contributed by atoms with Crippen molar-refractivity contribution in [3.8, 4) is 0 Å². The Kier molecular flexibility index (Phi) is 5.20. The molecule has 1 N–H and O–H groups in total. The smallest absolute Gasteiger partial charge is 0.414 e. The first-order valence-electron chi connectivity index (χ1n) is 6.32. The van der Waals surface area contributed by atoms with Gasteiger partial charge in [-0.05, 0) is 33.6 Å². The van der Waals surface area contributed by atoms with Crippen LogP contribution in [0.5, 0.6) is 0 Å². The Balaban J connectivity index is 2.60. The molecule has 1 fully saturated rings. The van der Waals surface area contributed by atoms with Gasteiger partial charge in [0.15, 0.2) is 6.10 Å². The van der Waals surface area contributed by atoms with E-state index in [2.05, 4.69) is 5.32 Å². The first-order chi connectivity index (χ1) is 8.69. The lowest BCUT2D eigenvalue weighted by atomic mass is 10.0. The van der Waals surface area contributed by atoms with Crippen molar-refractivity contribution in [1.29, 1.82) is 0 Å². The first-order valence-corrected chi connectivity index (χ1v) is 6.32. The third kappa shape index (κ3) is 4.99. The Hall–Kier alpha value is -0.820. The number of nitrogens with one attached hydrogen (secondary N) is 1. The van der Waals surface area contributed by atoms with Crippen molar-refractivity contribution < 1.29 is 27.4 Å². The van der Waals surface area contributed by atoms with Crippen LogP contribution in [0.15, 0.2) is 0 Å². The van der Waals surface area contributed by atoms with E-state index in [1.165, 1.54) is 6.92 Å². The first kappa shape index (κ1) is 16.2. The highest BCUT2D eigenvalue weighted by atomic mass is 19.4. The predicted octanol–water partition coefficient (Wildman–Crippen LogP) is 2.03. The molecule has 0 amide bonds. The largest absolute Gasteiger partial charge is 0.465 e. The van der Waals surface area contributed by atoms with E-state index in [-0.39, 0.29) is 19.3 Å². The fourth-order valence-corrected chi connectivity index (χ4v) is 1.51. The standard InChI is InChI=1S/C12H20F3NO3/c1-4-18-10(17)11(3,16-9-5-6-9)7-19-8(2)12(13,14)15/h8-9,16H,4-7H2,1-3H3. The second-order valence-corrected chi connectivity index (χ2v) is 4.97. The van der Waals surface area contributed by atoms with Gasteiger partial charge < -0.3 is 9.47 Å². The zero-order chi connectivity index (χ0) is 14.7. The number of hydrogen-bond acceptors (Lipinski definition) is 4. The van der Waals surface area contributed by atoms with Crippen LogP contribution in [-0.4, -0.2) is 43.0 Å². The molecule has 0 aromatic carbocycles. The summed E-state index contributed by atoms with van der Waals surface area (Å²) in [4.78, 5) is 11.8. The van der Waals surface area contributed by atoms with Crippen LogP contribution in [0.1, 0.15) is 33.6 Å². The molecule has 0 aromatic rings. The average Bonchev–Trinajstić information content (AvgIpc) is 3.08. The van der Waals surface area contributed by atoms with Gasteiger partial charge in [-0.25, -0.2) is 4.79 Å². The third-order valence-electron chi connectivity index (χ3n) is 2.91. The summed E-state index contributed by atoms with van der Waals surface area (Å²) in [5, 5.41) is 2.99. The molecule has 1 saturated carbocycles. The number of carbonyl (C=O) groups excluding carboxylic acids is 1. The lowest BCUT2D eigenvalue weighted by Crippen LogP contribution is -2.55. The highest BCUT2D eigenvalue weighted by Crippen LogP contribution is 2.26. The van der Waals surface area contributed by atoms with Gasteiger partial charge in [-0.1, -0.05) is 0 Å². The minimum absolute atomic E-state index is 0.152. The summed E-state index contributed by atoms with van der Waals surface area (Å²) >= 11 is 0. The molecular formula is C12H20F3NO3. The summed E-state index contributed by atoms with van der Waals surface area (Å²) in [6.07, 6.45) is -4.54. The van der Waals surface area contributed by atoms with Gasteiger partial charge in [0.2, 0.25) is 0 Å². The Labute approximate surface area is 110 Å². The molecule has 0 heterocycles. The molecule has 2 unspecified atom stereocenters. The Morgan fingerprint density at radius 2 is 2.00 bits per heavy atom. The highest BCUT2D eigenvalue weighted by molar-refractivity contribution is 5.80. The van der Waals surface area contributed by atoms with E-state index in [1.54, 1.807) is 6.92 Å². The van der Waals surface area contributed by atoms with Gasteiger partial charge in [-0.3, -0.25) is 5.32 Å². The number of carbonyl (C=O) groups is 1. The molecular weight excluding hydrogens is 263 g/mol. The number of ether oxygens (including phenoxy) is 2. The second-order valence-electron chi connectivity index (χ2n) is 4.97. The van der Waals surface area contributed by atoms with Crippen LogP contribution in [0.3, 0.4) is 0 Å². The SMILES string of the molecule is CCOC(=O)C(C)(COC(C)C(F)(F)F)NC1CC1. The van der Waals surface area contributed by atoms with Crippen molar-refractivity contribution in [3.63, 3.8) is 0 Å². The zero-order valence-corrected chi connectivity index (χ0v) is 11.3. The average molecular weight is 283 g/mol. The van der Waals surface area contributed by atoms with Crippen molar-refractivity contribution in [1.82, 2.24) is 5.32 Å². The predicted molar refractivity (Wildman–Crippen MR) is 62.7 cm³/mol. The minimum atomic E-state index is -4.44. The quantitative estimate of drug-likeness (QED) is 0.726. The molecule has 0 aliphatic heterocycles. The molecule has 1 aliphatic carbocycles. The Bertz CT molecular complexity index is 318. The topological polar surface area (TPSA) is 47.6 Å². The van der Waals surface area contributed by atoms with Gasteiger partial charge in [0.1, 0.15) is 5.54 Å². The minimum Gasteiger partial charge on any atom is -0.465 e. The van der Waals surface area contributed by atoms with Crippen LogP contribution >= 0.6 is 0 Å². The second kappa shape index (κ2) is 6.09. The summed E-state index contributed by atoms with van der Waals surface area (Å²) in [5.41, 5.74) is -1.24. The molecule has 19 heavy (non-hydrogen) atoms. The van der Waals surface area contributed by atoms with Crippen molar-refractivity contribution in [2.24, 2.45) is 0 Å². The molecule has 0 aromatic heterocycles. The summed E-state index contributed by atoms with van der Waals surface area (Å²) in [6.45, 7) is 3.88. The number of hydrogen-bond donors (Lipinski definition) is 1. The van der Waals surface area contributed by atoms with E-state index < -0.39 is 23.8 Å².